The Balaban J connectivity index is 1.74. The quantitative estimate of drug-likeness (QED) is 0.521. The maximum Gasteiger partial charge on any atom is 0.332 e. The fourth-order valence-electron chi connectivity index (χ4n) is 2.24. The molecule has 1 aliphatic heterocycles. The van der Waals surface area contributed by atoms with Crippen LogP contribution in [0.1, 0.15) is 34.1 Å². The summed E-state index contributed by atoms with van der Waals surface area (Å²) >= 11 is 0. The molecule has 3 amide bonds. The molecule has 0 fully saturated rings. The van der Waals surface area contributed by atoms with Crippen LogP contribution >= 0.6 is 0 Å². The van der Waals surface area contributed by atoms with Crippen LogP contribution in [0.4, 0.5) is 0 Å². The summed E-state index contributed by atoms with van der Waals surface area (Å²) in [5.74, 6) is -2.23. The maximum absolute atomic E-state index is 12.1. The Hall–Kier alpha value is -2.74. The molecular formula is C16H18N2O6. The summed E-state index contributed by atoms with van der Waals surface area (Å²) in [6.45, 7) is 1.60. The number of benzene rings is 1. The zero-order valence-corrected chi connectivity index (χ0v) is 13.2. The number of nitrogens with one attached hydrogen (secondary N) is 1. The molecule has 1 aliphatic rings. The van der Waals surface area contributed by atoms with Gasteiger partial charge in [0.25, 0.3) is 11.8 Å². The molecule has 0 aromatic heterocycles. The van der Waals surface area contributed by atoms with E-state index in [1.54, 1.807) is 24.3 Å². The van der Waals surface area contributed by atoms with E-state index in [0.29, 0.717) is 11.1 Å². The lowest BCUT2D eigenvalue weighted by Crippen LogP contribution is -2.35. The smallest absolute Gasteiger partial charge is 0.332 e. The number of rotatable bonds is 8. The molecule has 0 saturated carbocycles. The lowest BCUT2D eigenvalue weighted by molar-refractivity contribution is -0.149. The SMILES string of the molecule is CC(OCCNC(=O)CCN1C(=O)c2ccccc2C1=O)C(=O)O. The number of carboxylic acids is 1. The summed E-state index contributed by atoms with van der Waals surface area (Å²) in [4.78, 5) is 47.6. The van der Waals surface area contributed by atoms with E-state index in [1.165, 1.54) is 6.92 Å². The molecule has 1 aromatic rings. The molecule has 0 radical (unpaired) electrons. The minimum atomic E-state index is -1.08. The van der Waals surface area contributed by atoms with E-state index in [9.17, 15) is 19.2 Å². The van der Waals surface area contributed by atoms with Crippen molar-refractivity contribution >= 4 is 23.7 Å². The predicted molar refractivity (Wildman–Crippen MR) is 82.5 cm³/mol. The molecule has 0 aliphatic carbocycles. The summed E-state index contributed by atoms with van der Waals surface area (Å²) in [7, 11) is 0. The van der Waals surface area contributed by atoms with Crippen LogP contribution in [-0.4, -0.2) is 59.5 Å². The van der Waals surface area contributed by atoms with Crippen molar-refractivity contribution in [2.45, 2.75) is 19.4 Å². The van der Waals surface area contributed by atoms with Gasteiger partial charge in [-0.2, -0.15) is 0 Å². The molecule has 1 heterocycles. The number of imide groups is 1. The van der Waals surface area contributed by atoms with E-state index >= 15 is 0 Å². The average Bonchev–Trinajstić information content (AvgIpc) is 2.81. The maximum atomic E-state index is 12.1. The molecule has 128 valence electrons. The molecule has 2 rings (SSSR count). The number of ether oxygens (including phenoxy) is 1. The van der Waals surface area contributed by atoms with Crippen molar-refractivity contribution in [2.75, 3.05) is 19.7 Å². The number of nitrogens with zero attached hydrogens (tertiary/aromatic N) is 1. The van der Waals surface area contributed by atoms with Crippen LogP contribution in [0.3, 0.4) is 0 Å². The number of hydrogen-bond donors (Lipinski definition) is 2. The molecule has 0 bridgehead atoms. The Bertz CT molecular complexity index is 637. The molecular weight excluding hydrogens is 316 g/mol. The lowest BCUT2D eigenvalue weighted by atomic mass is 10.1. The van der Waals surface area contributed by atoms with Crippen LogP contribution in [0, 0.1) is 0 Å². The molecule has 1 aromatic carbocycles. The third-order valence-electron chi connectivity index (χ3n) is 3.58. The monoisotopic (exact) mass is 334 g/mol. The molecule has 1 unspecified atom stereocenters. The molecule has 0 saturated heterocycles. The Kier molecular flexibility index (Phi) is 5.64. The number of aliphatic carboxylic acids is 1. The number of amides is 3. The molecule has 8 nitrogen and oxygen atoms in total. The molecule has 8 heteroatoms. The number of carbonyl (C=O) groups is 4. The first-order chi connectivity index (χ1) is 11.4. The van der Waals surface area contributed by atoms with Gasteiger partial charge in [0.2, 0.25) is 5.91 Å². The van der Waals surface area contributed by atoms with Crippen molar-refractivity contribution < 1.29 is 29.0 Å². The standard InChI is InChI=1S/C16H18N2O6/c1-10(16(22)23)24-9-7-17-13(19)6-8-18-14(20)11-4-2-3-5-12(11)15(18)21/h2-5,10H,6-9H2,1H3,(H,17,19)(H,22,23). The summed E-state index contributed by atoms with van der Waals surface area (Å²) in [5, 5.41) is 11.2. The van der Waals surface area contributed by atoms with Crippen molar-refractivity contribution in [3.63, 3.8) is 0 Å². The second kappa shape index (κ2) is 7.69. The Labute approximate surface area is 138 Å². The van der Waals surface area contributed by atoms with Gasteiger partial charge in [-0.1, -0.05) is 12.1 Å². The fraction of sp³-hybridized carbons (Fsp3) is 0.375. The summed E-state index contributed by atoms with van der Waals surface area (Å²) in [5.41, 5.74) is 0.693. The highest BCUT2D eigenvalue weighted by molar-refractivity contribution is 6.21. The molecule has 2 N–H and O–H groups in total. The van der Waals surface area contributed by atoms with E-state index < -0.39 is 23.9 Å². The summed E-state index contributed by atoms with van der Waals surface area (Å²) in [6.07, 6.45) is -0.972. The van der Waals surface area contributed by atoms with Gasteiger partial charge < -0.3 is 15.2 Å². The van der Waals surface area contributed by atoms with Crippen molar-refractivity contribution in [1.29, 1.82) is 0 Å². The van der Waals surface area contributed by atoms with Gasteiger partial charge in [0.15, 0.2) is 6.10 Å². The van der Waals surface area contributed by atoms with Crippen LogP contribution < -0.4 is 5.32 Å². The first-order valence-corrected chi connectivity index (χ1v) is 7.48. The number of carboxylic acid groups (broad SMARTS) is 1. The molecule has 24 heavy (non-hydrogen) atoms. The van der Waals surface area contributed by atoms with Crippen LogP contribution in [-0.2, 0) is 14.3 Å². The average molecular weight is 334 g/mol. The fourth-order valence-corrected chi connectivity index (χ4v) is 2.24. The van der Waals surface area contributed by atoms with Gasteiger partial charge in [-0.15, -0.1) is 0 Å². The highest BCUT2D eigenvalue weighted by Crippen LogP contribution is 2.22. The zero-order valence-electron chi connectivity index (χ0n) is 13.2. The van der Waals surface area contributed by atoms with Crippen LogP contribution in [0.5, 0.6) is 0 Å². The van der Waals surface area contributed by atoms with Gasteiger partial charge in [-0.25, -0.2) is 4.79 Å². The van der Waals surface area contributed by atoms with E-state index in [4.69, 9.17) is 9.84 Å². The third-order valence-corrected chi connectivity index (χ3v) is 3.58. The highest BCUT2D eigenvalue weighted by Gasteiger charge is 2.34. The Morgan fingerprint density at radius 3 is 2.33 bits per heavy atom. The van der Waals surface area contributed by atoms with Crippen molar-refractivity contribution in [3.05, 3.63) is 35.4 Å². The highest BCUT2D eigenvalue weighted by atomic mass is 16.5. The van der Waals surface area contributed by atoms with Crippen LogP contribution in [0.25, 0.3) is 0 Å². The first-order valence-electron chi connectivity index (χ1n) is 7.48. The summed E-state index contributed by atoms with van der Waals surface area (Å²) < 4.78 is 4.98. The van der Waals surface area contributed by atoms with Gasteiger partial charge in [0.05, 0.1) is 17.7 Å². The van der Waals surface area contributed by atoms with Crippen molar-refractivity contribution in [2.24, 2.45) is 0 Å². The van der Waals surface area contributed by atoms with E-state index in [-0.39, 0.29) is 32.0 Å². The van der Waals surface area contributed by atoms with E-state index in [2.05, 4.69) is 5.32 Å². The van der Waals surface area contributed by atoms with Crippen molar-refractivity contribution in [3.8, 4) is 0 Å². The number of carbonyl (C=O) groups excluding carboxylic acids is 3. The minimum Gasteiger partial charge on any atom is -0.479 e. The molecule has 1 atom stereocenters. The van der Waals surface area contributed by atoms with Gasteiger partial charge in [-0.3, -0.25) is 19.3 Å². The lowest BCUT2D eigenvalue weighted by Gasteiger charge is -2.14. The van der Waals surface area contributed by atoms with Crippen LogP contribution in [0.15, 0.2) is 24.3 Å². The second-order valence-electron chi connectivity index (χ2n) is 5.26. The second-order valence-corrected chi connectivity index (χ2v) is 5.26. The first kappa shape index (κ1) is 17.6. The third kappa shape index (κ3) is 3.96. The van der Waals surface area contributed by atoms with E-state index in [0.717, 1.165) is 4.90 Å². The van der Waals surface area contributed by atoms with Crippen molar-refractivity contribution in [1.82, 2.24) is 10.2 Å². The van der Waals surface area contributed by atoms with Gasteiger partial charge in [0.1, 0.15) is 0 Å². The van der Waals surface area contributed by atoms with Gasteiger partial charge in [0, 0.05) is 19.5 Å². The summed E-state index contributed by atoms with van der Waals surface area (Å²) in [6, 6.07) is 6.52. The largest absolute Gasteiger partial charge is 0.479 e. The number of fused-ring (bicyclic) bond motifs is 1. The minimum absolute atomic E-state index is 0.00936. The Morgan fingerprint density at radius 1 is 1.21 bits per heavy atom. The van der Waals surface area contributed by atoms with Crippen LogP contribution in [0.2, 0.25) is 0 Å². The predicted octanol–water partition coefficient (Wildman–Crippen LogP) is 0.279. The molecule has 0 spiro atoms. The Morgan fingerprint density at radius 2 is 1.79 bits per heavy atom. The van der Waals surface area contributed by atoms with Gasteiger partial charge >= 0.3 is 5.97 Å². The zero-order chi connectivity index (χ0) is 17.7. The number of hydrogen-bond acceptors (Lipinski definition) is 5. The van der Waals surface area contributed by atoms with Gasteiger partial charge in [-0.05, 0) is 19.1 Å². The van der Waals surface area contributed by atoms with E-state index in [1.807, 2.05) is 0 Å². The topological polar surface area (TPSA) is 113 Å². The normalized spacial score (nSPS) is 14.5.